The first-order valence-corrected chi connectivity index (χ1v) is 12.7. The van der Waals surface area contributed by atoms with E-state index < -0.39 is 17.4 Å². The van der Waals surface area contributed by atoms with Crippen molar-refractivity contribution in [1.29, 1.82) is 0 Å². The van der Waals surface area contributed by atoms with E-state index >= 15 is 0 Å². The van der Waals surface area contributed by atoms with Gasteiger partial charge in [-0.05, 0) is 85.6 Å². The van der Waals surface area contributed by atoms with Crippen LogP contribution in [0.1, 0.15) is 44.3 Å². The van der Waals surface area contributed by atoms with Crippen LogP contribution in [0.2, 0.25) is 0 Å². The first-order valence-electron chi connectivity index (χ1n) is 12.7. The van der Waals surface area contributed by atoms with E-state index in [9.17, 15) is 23.6 Å². The van der Waals surface area contributed by atoms with E-state index in [1.165, 1.54) is 31.3 Å². The van der Waals surface area contributed by atoms with E-state index in [1.54, 1.807) is 62.5 Å². The summed E-state index contributed by atoms with van der Waals surface area (Å²) in [5.41, 5.74) is 3.29. The second-order valence-electron chi connectivity index (χ2n) is 9.29. The van der Waals surface area contributed by atoms with E-state index in [4.69, 9.17) is 0 Å². The van der Waals surface area contributed by atoms with Gasteiger partial charge in [-0.1, -0.05) is 30.3 Å². The molecule has 0 aliphatic heterocycles. The van der Waals surface area contributed by atoms with Gasteiger partial charge in [-0.25, -0.2) is 4.39 Å². The number of likely N-dealkylation sites (N-methyl/N-ethyl adjacent to an activating group) is 1. The number of ketones is 1. The van der Waals surface area contributed by atoms with Gasteiger partial charge in [0.1, 0.15) is 11.5 Å². The average molecular weight is 541 g/mol. The van der Waals surface area contributed by atoms with Gasteiger partial charge in [-0.15, -0.1) is 0 Å². The standard InChI is InChI=1S/C31H29FN4O4/c1-18(33-2)29(38)35-26-17-24(27(36-31(26)40)21-7-5-9-23(16-21)30(39)34-3)15-19-6-4-8-22(14-19)28(37)20-10-12-25(32)13-11-20/h4-14,16-18,33H,15H2,1-3H3,(H,34,39)(H,35,38)(H,36,40)/t18-/m0/s1. The van der Waals surface area contributed by atoms with Crippen molar-refractivity contribution >= 4 is 23.3 Å². The molecule has 0 aliphatic carbocycles. The molecule has 0 fully saturated rings. The minimum absolute atomic E-state index is 0.0758. The number of halogens is 1. The molecule has 1 aromatic heterocycles. The Balaban J connectivity index is 1.77. The molecular weight excluding hydrogens is 511 g/mol. The number of aromatic nitrogens is 1. The van der Waals surface area contributed by atoms with Crippen LogP contribution >= 0.6 is 0 Å². The normalized spacial score (nSPS) is 11.5. The van der Waals surface area contributed by atoms with Gasteiger partial charge in [-0.3, -0.25) is 19.2 Å². The van der Waals surface area contributed by atoms with Crippen LogP contribution in [0, 0.1) is 5.82 Å². The Bertz CT molecular complexity index is 1630. The predicted octanol–water partition coefficient (Wildman–Crippen LogP) is 3.91. The minimum Gasteiger partial charge on any atom is -0.355 e. The van der Waals surface area contributed by atoms with Crippen LogP contribution < -0.4 is 21.5 Å². The highest BCUT2D eigenvalue weighted by molar-refractivity contribution is 6.09. The lowest BCUT2D eigenvalue weighted by atomic mass is 9.95. The highest BCUT2D eigenvalue weighted by Crippen LogP contribution is 2.26. The van der Waals surface area contributed by atoms with Crippen molar-refractivity contribution in [1.82, 2.24) is 15.6 Å². The highest BCUT2D eigenvalue weighted by Gasteiger charge is 2.18. The van der Waals surface area contributed by atoms with Crippen LogP contribution in [0.15, 0.2) is 83.7 Å². The number of H-pyrrole nitrogens is 1. The maximum atomic E-state index is 13.3. The van der Waals surface area contributed by atoms with Crippen LogP contribution in [0.25, 0.3) is 11.3 Å². The molecule has 8 nitrogen and oxygen atoms in total. The Morgan fingerprint density at radius 3 is 2.27 bits per heavy atom. The van der Waals surface area contributed by atoms with Gasteiger partial charge in [0.15, 0.2) is 5.78 Å². The molecule has 0 aliphatic rings. The number of rotatable bonds is 9. The van der Waals surface area contributed by atoms with Crippen LogP contribution in [0.5, 0.6) is 0 Å². The predicted molar refractivity (Wildman–Crippen MR) is 152 cm³/mol. The molecule has 1 heterocycles. The molecule has 3 aromatic carbocycles. The quantitative estimate of drug-likeness (QED) is 0.240. The van der Waals surface area contributed by atoms with E-state index in [-0.39, 0.29) is 23.3 Å². The summed E-state index contributed by atoms with van der Waals surface area (Å²) >= 11 is 0. The first-order chi connectivity index (χ1) is 19.2. The highest BCUT2D eigenvalue weighted by atomic mass is 19.1. The van der Waals surface area contributed by atoms with E-state index in [2.05, 4.69) is 20.9 Å². The van der Waals surface area contributed by atoms with Crippen LogP contribution in [-0.4, -0.2) is 42.7 Å². The van der Waals surface area contributed by atoms with Gasteiger partial charge < -0.3 is 20.9 Å². The molecule has 2 amide bonds. The zero-order valence-corrected chi connectivity index (χ0v) is 22.3. The molecule has 0 spiro atoms. The van der Waals surface area contributed by atoms with Gasteiger partial charge in [0.05, 0.1) is 11.7 Å². The number of nitrogens with one attached hydrogen (secondary N) is 4. The summed E-state index contributed by atoms with van der Waals surface area (Å²) in [6, 6.07) is 20.3. The Morgan fingerprint density at radius 2 is 1.57 bits per heavy atom. The number of carbonyl (C=O) groups excluding carboxylic acids is 3. The molecule has 204 valence electrons. The molecule has 1 atom stereocenters. The number of carbonyl (C=O) groups is 3. The maximum absolute atomic E-state index is 13.3. The maximum Gasteiger partial charge on any atom is 0.272 e. The SMILES string of the molecule is CNC(=O)c1cccc(-c2[nH]c(=O)c(NC(=O)[C@H](C)NC)cc2Cc2cccc(C(=O)c3ccc(F)cc3)c2)c1. The monoisotopic (exact) mass is 540 g/mol. The van der Waals surface area contributed by atoms with Crippen molar-refractivity contribution in [2.24, 2.45) is 0 Å². The molecule has 4 N–H and O–H groups in total. The van der Waals surface area contributed by atoms with Crippen molar-refractivity contribution in [3.05, 3.63) is 123 Å². The Hall–Kier alpha value is -4.89. The number of anilines is 1. The first kappa shape index (κ1) is 28.1. The van der Waals surface area contributed by atoms with Crippen molar-refractivity contribution in [2.75, 3.05) is 19.4 Å². The van der Waals surface area contributed by atoms with E-state index in [0.29, 0.717) is 39.9 Å². The number of amides is 2. The molecule has 4 aromatic rings. The zero-order valence-electron chi connectivity index (χ0n) is 22.3. The third-order valence-electron chi connectivity index (χ3n) is 6.54. The molecule has 0 saturated carbocycles. The molecule has 0 radical (unpaired) electrons. The lowest BCUT2D eigenvalue weighted by Gasteiger charge is -2.15. The molecule has 4 rings (SSSR count). The van der Waals surface area contributed by atoms with Gasteiger partial charge in [-0.2, -0.15) is 0 Å². The smallest absolute Gasteiger partial charge is 0.272 e. The van der Waals surface area contributed by atoms with Gasteiger partial charge in [0.25, 0.3) is 11.5 Å². The minimum atomic E-state index is -0.527. The largest absolute Gasteiger partial charge is 0.355 e. The summed E-state index contributed by atoms with van der Waals surface area (Å²) in [6.45, 7) is 1.67. The molecule has 9 heteroatoms. The average Bonchev–Trinajstić information content (AvgIpc) is 2.98. The lowest BCUT2D eigenvalue weighted by molar-refractivity contribution is -0.117. The molecule has 0 bridgehead atoms. The topological polar surface area (TPSA) is 120 Å². The van der Waals surface area contributed by atoms with Crippen molar-refractivity contribution in [2.45, 2.75) is 19.4 Å². The van der Waals surface area contributed by atoms with Crippen molar-refractivity contribution in [3.8, 4) is 11.3 Å². The summed E-state index contributed by atoms with van der Waals surface area (Å²) in [4.78, 5) is 53.7. The van der Waals surface area contributed by atoms with Gasteiger partial charge >= 0.3 is 0 Å². The second-order valence-corrected chi connectivity index (χ2v) is 9.29. The summed E-state index contributed by atoms with van der Waals surface area (Å²) in [7, 11) is 3.18. The molecule has 0 saturated heterocycles. The number of benzene rings is 3. The van der Waals surface area contributed by atoms with E-state index in [1.807, 2.05) is 6.07 Å². The number of aromatic amines is 1. The summed E-state index contributed by atoms with van der Waals surface area (Å²) in [5, 5.41) is 8.09. The fourth-order valence-corrected chi connectivity index (χ4v) is 4.21. The van der Waals surface area contributed by atoms with Crippen LogP contribution in [-0.2, 0) is 11.2 Å². The van der Waals surface area contributed by atoms with Crippen LogP contribution in [0.3, 0.4) is 0 Å². The third-order valence-corrected chi connectivity index (χ3v) is 6.54. The van der Waals surface area contributed by atoms with Crippen molar-refractivity contribution in [3.63, 3.8) is 0 Å². The van der Waals surface area contributed by atoms with Crippen LogP contribution in [0.4, 0.5) is 10.1 Å². The second kappa shape index (κ2) is 12.3. The molecule has 0 unspecified atom stereocenters. The summed E-state index contributed by atoms with van der Waals surface area (Å²) < 4.78 is 13.3. The van der Waals surface area contributed by atoms with Gasteiger partial charge in [0.2, 0.25) is 5.91 Å². The van der Waals surface area contributed by atoms with E-state index in [0.717, 1.165) is 5.56 Å². The number of hydrogen-bond acceptors (Lipinski definition) is 5. The zero-order chi connectivity index (χ0) is 28.8. The Morgan fingerprint density at radius 1 is 0.875 bits per heavy atom. The number of hydrogen-bond donors (Lipinski definition) is 4. The fourth-order valence-electron chi connectivity index (χ4n) is 4.21. The van der Waals surface area contributed by atoms with Gasteiger partial charge in [0, 0.05) is 23.7 Å². The molecule has 40 heavy (non-hydrogen) atoms. The Labute approximate surface area is 230 Å². The van der Waals surface area contributed by atoms with Crippen molar-refractivity contribution < 1.29 is 18.8 Å². The summed E-state index contributed by atoms with van der Waals surface area (Å²) in [6.07, 6.45) is 0.297. The molecular formula is C31H29FN4O4. The summed E-state index contributed by atoms with van der Waals surface area (Å²) in [5.74, 6) is -1.33. The Kier molecular flexibility index (Phi) is 8.66. The lowest BCUT2D eigenvalue weighted by Crippen LogP contribution is -2.37. The fraction of sp³-hybridized carbons (Fsp3) is 0.161. The third kappa shape index (κ3) is 6.39. The number of pyridine rings is 1.